The first-order valence-corrected chi connectivity index (χ1v) is 5.18. The summed E-state index contributed by atoms with van der Waals surface area (Å²) < 4.78 is 0. The number of pyridine rings is 1. The minimum atomic E-state index is 0.609. The highest BCUT2D eigenvalue weighted by molar-refractivity contribution is 7.98. The average Bonchev–Trinajstić information content (AvgIpc) is 2.03. The Morgan fingerprint density at radius 2 is 2.33 bits per heavy atom. The zero-order valence-electron chi connectivity index (χ0n) is 7.50. The summed E-state index contributed by atoms with van der Waals surface area (Å²) >= 11 is 1.90. The monoisotopic (exact) mass is 182 g/mol. The number of anilines is 1. The molecular weight excluding hydrogens is 168 g/mol. The Morgan fingerprint density at radius 3 is 2.92 bits per heavy atom. The highest BCUT2D eigenvalue weighted by atomic mass is 32.2. The van der Waals surface area contributed by atoms with E-state index in [2.05, 4.69) is 18.8 Å². The fraction of sp³-hybridized carbons (Fsp3) is 0.444. The molecule has 0 spiro atoms. The maximum absolute atomic E-state index is 5.54. The molecule has 1 aromatic heterocycles. The molecule has 0 fully saturated rings. The summed E-state index contributed by atoms with van der Waals surface area (Å²) in [6, 6.07) is 1.92. The van der Waals surface area contributed by atoms with Crippen molar-refractivity contribution >= 4 is 17.6 Å². The van der Waals surface area contributed by atoms with Gasteiger partial charge in [-0.15, -0.1) is 0 Å². The molecule has 0 unspecified atom stereocenters. The third-order valence-electron chi connectivity index (χ3n) is 1.70. The topological polar surface area (TPSA) is 38.9 Å². The van der Waals surface area contributed by atoms with Crippen LogP contribution in [-0.4, -0.2) is 10.7 Å². The Hall–Kier alpha value is -0.700. The molecule has 12 heavy (non-hydrogen) atoms. The van der Waals surface area contributed by atoms with Crippen LogP contribution < -0.4 is 5.73 Å². The van der Waals surface area contributed by atoms with E-state index in [0.29, 0.717) is 5.82 Å². The van der Waals surface area contributed by atoms with Crippen molar-refractivity contribution in [2.24, 2.45) is 0 Å². The predicted molar refractivity (Wildman–Crippen MR) is 55.2 cm³/mol. The lowest BCUT2D eigenvalue weighted by atomic mass is 10.2. The number of aryl methyl sites for hydroxylation is 1. The van der Waals surface area contributed by atoms with E-state index in [1.54, 1.807) is 0 Å². The lowest BCUT2D eigenvalue weighted by Crippen LogP contribution is -1.94. The Morgan fingerprint density at radius 1 is 1.58 bits per heavy atom. The third kappa shape index (κ3) is 2.41. The Bertz CT molecular complexity index is 261. The number of hydrogen-bond donors (Lipinski definition) is 1. The lowest BCUT2D eigenvalue weighted by molar-refractivity contribution is 1.21. The van der Waals surface area contributed by atoms with Crippen molar-refractivity contribution < 1.29 is 0 Å². The summed E-state index contributed by atoms with van der Waals surface area (Å²) in [5.74, 6) is 2.79. The third-order valence-corrected chi connectivity index (χ3v) is 2.63. The van der Waals surface area contributed by atoms with Gasteiger partial charge in [0.05, 0.1) is 0 Å². The summed E-state index contributed by atoms with van der Waals surface area (Å²) in [7, 11) is 0. The summed E-state index contributed by atoms with van der Waals surface area (Å²) in [5.41, 5.74) is 8.07. The van der Waals surface area contributed by atoms with Crippen LogP contribution >= 0.6 is 11.8 Å². The molecule has 0 aliphatic heterocycles. The average molecular weight is 182 g/mol. The standard InChI is InChI=1S/C9H14N2S/c1-3-12-6-8-5-11-9(10)4-7(8)2/h4-5H,3,6H2,1-2H3,(H2,10,11). The molecule has 0 radical (unpaired) electrons. The quantitative estimate of drug-likeness (QED) is 0.779. The van der Waals surface area contributed by atoms with Crippen LogP contribution in [0.3, 0.4) is 0 Å². The molecule has 0 aliphatic rings. The summed E-state index contributed by atoms with van der Waals surface area (Å²) in [4.78, 5) is 4.06. The SMILES string of the molecule is CCSCc1cnc(N)cc1C. The number of thioether (sulfide) groups is 1. The van der Waals surface area contributed by atoms with Crippen LogP contribution in [0.4, 0.5) is 5.82 Å². The van der Waals surface area contributed by atoms with Crippen LogP contribution in [0.15, 0.2) is 12.3 Å². The lowest BCUT2D eigenvalue weighted by Gasteiger charge is -2.04. The van der Waals surface area contributed by atoms with Gasteiger partial charge in [0.25, 0.3) is 0 Å². The van der Waals surface area contributed by atoms with Crippen molar-refractivity contribution in [3.05, 3.63) is 23.4 Å². The van der Waals surface area contributed by atoms with Crippen molar-refractivity contribution in [3.8, 4) is 0 Å². The van der Waals surface area contributed by atoms with Gasteiger partial charge in [0.2, 0.25) is 0 Å². The van der Waals surface area contributed by atoms with Crippen LogP contribution in [0.1, 0.15) is 18.1 Å². The molecule has 0 aromatic carbocycles. The largest absolute Gasteiger partial charge is 0.384 e. The van der Waals surface area contributed by atoms with E-state index in [-0.39, 0.29) is 0 Å². The first kappa shape index (κ1) is 9.39. The van der Waals surface area contributed by atoms with Crippen LogP contribution in [0.25, 0.3) is 0 Å². The molecule has 0 aliphatic carbocycles. The number of aromatic nitrogens is 1. The number of nitrogen functional groups attached to an aromatic ring is 1. The zero-order chi connectivity index (χ0) is 8.97. The molecule has 1 rings (SSSR count). The van der Waals surface area contributed by atoms with E-state index in [1.807, 2.05) is 24.0 Å². The highest BCUT2D eigenvalue weighted by Gasteiger charge is 1.98. The van der Waals surface area contributed by atoms with Crippen molar-refractivity contribution in [3.63, 3.8) is 0 Å². The second kappa shape index (κ2) is 4.36. The van der Waals surface area contributed by atoms with Gasteiger partial charge in [-0.1, -0.05) is 6.92 Å². The van der Waals surface area contributed by atoms with Crippen molar-refractivity contribution in [1.29, 1.82) is 0 Å². The van der Waals surface area contributed by atoms with Gasteiger partial charge < -0.3 is 5.73 Å². The van der Waals surface area contributed by atoms with Crippen molar-refractivity contribution in [2.75, 3.05) is 11.5 Å². The van der Waals surface area contributed by atoms with Gasteiger partial charge in [0.15, 0.2) is 0 Å². The number of rotatable bonds is 3. The van der Waals surface area contributed by atoms with Crippen molar-refractivity contribution in [2.45, 2.75) is 19.6 Å². The van der Waals surface area contributed by atoms with E-state index in [9.17, 15) is 0 Å². The normalized spacial score (nSPS) is 10.2. The second-order valence-electron chi connectivity index (χ2n) is 2.67. The van der Waals surface area contributed by atoms with E-state index in [1.165, 1.54) is 11.1 Å². The van der Waals surface area contributed by atoms with Crippen LogP contribution in [0.2, 0.25) is 0 Å². The molecule has 3 heteroatoms. The molecule has 2 nitrogen and oxygen atoms in total. The number of nitrogens with zero attached hydrogens (tertiary/aromatic N) is 1. The van der Waals surface area contributed by atoms with Gasteiger partial charge in [-0.2, -0.15) is 11.8 Å². The van der Waals surface area contributed by atoms with Gasteiger partial charge in [0.1, 0.15) is 5.82 Å². The fourth-order valence-corrected chi connectivity index (χ4v) is 1.70. The molecular formula is C9H14N2S. The summed E-state index contributed by atoms with van der Waals surface area (Å²) in [6.07, 6.45) is 1.87. The fourth-order valence-electron chi connectivity index (χ4n) is 0.969. The molecule has 0 saturated carbocycles. The van der Waals surface area contributed by atoms with Crippen LogP contribution in [0.5, 0.6) is 0 Å². The van der Waals surface area contributed by atoms with Gasteiger partial charge in [-0.05, 0) is 29.9 Å². The molecule has 0 bridgehead atoms. The van der Waals surface area contributed by atoms with Crippen LogP contribution in [-0.2, 0) is 5.75 Å². The molecule has 0 amide bonds. The molecule has 2 N–H and O–H groups in total. The van der Waals surface area contributed by atoms with Gasteiger partial charge >= 0.3 is 0 Å². The number of nitrogens with two attached hydrogens (primary N) is 1. The second-order valence-corrected chi connectivity index (χ2v) is 3.95. The Kier molecular flexibility index (Phi) is 3.41. The van der Waals surface area contributed by atoms with E-state index < -0.39 is 0 Å². The molecule has 66 valence electrons. The van der Waals surface area contributed by atoms with Crippen LogP contribution in [0, 0.1) is 6.92 Å². The Balaban J connectivity index is 2.72. The smallest absolute Gasteiger partial charge is 0.123 e. The zero-order valence-corrected chi connectivity index (χ0v) is 8.32. The van der Waals surface area contributed by atoms with E-state index in [0.717, 1.165) is 11.5 Å². The Labute approximate surface area is 77.6 Å². The summed E-state index contributed by atoms with van der Waals surface area (Å²) in [5, 5.41) is 0. The maximum atomic E-state index is 5.54. The molecule has 1 aromatic rings. The molecule has 1 heterocycles. The molecule has 0 saturated heterocycles. The van der Waals surface area contributed by atoms with E-state index >= 15 is 0 Å². The number of hydrogen-bond acceptors (Lipinski definition) is 3. The van der Waals surface area contributed by atoms with Gasteiger partial charge in [-0.25, -0.2) is 4.98 Å². The highest BCUT2D eigenvalue weighted by Crippen LogP contribution is 2.16. The first-order valence-electron chi connectivity index (χ1n) is 4.02. The van der Waals surface area contributed by atoms with E-state index in [4.69, 9.17) is 5.73 Å². The van der Waals surface area contributed by atoms with Crippen molar-refractivity contribution in [1.82, 2.24) is 4.98 Å². The predicted octanol–water partition coefficient (Wildman–Crippen LogP) is 2.23. The molecule has 0 atom stereocenters. The minimum absolute atomic E-state index is 0.609. The van der Waals surface area contributed by atoms with Gasteiger partial charge in [-0.3, -0.25) is 0 Å². The van der Waals surface area contributed by atoms with Gasteiger partial charge in [0, 0.05) is 11.9 Å². The summed E-state index contributed by atoms with van der Waals surface area (Å²) in [6.45, 7) is 4.23. The minimum Gasteiger partial charge on any atom is -0.384 e. The maximum Gasteiger partial charge on any atom is 0.123 e. The first-order chi connectivity index (χ1) is 5.74.